The zero-order valence-corrected chi connectivity index (χ0v) is 33.4. The van der Waals surface area contributed by atoms with E-state index in [9.17, 15) is 14.4 Å². The summed E-state index contributed by atoms with van der Waals surface area (Å²) in [6.45, 7) is 6.02. The average molecular weight is 788 g/mol. The highest BCUT2D eigenvalue weighted by Crippen LogP contribution is 2.40. The molecule has 7 rings (SSSR count). The van der Waals surface area contributed by atoms with Crippen molar-refractivity contribution in [3.63, 3.8) is 0 Å². The Kier molecular flexibility index (Phi) is 12.1. The highest BCUT2D eigenvalue weighted by atomic mass is 32.2. The fourth-order valence-electron chi connectivity index (χ4n) is 7.12. The topological polar surface area (TPSA) is 88.0 Å². The Balaban J connectivity index is 0.968. The summed E-state index contributed by atoms with van der Waals surface area (Å²) in [5, 5.41) is 18.1. The van der Waals surface area contributed by atoms with Gasteiger partial charge < -0.3 is 25.0 Å². The molecule has 1 fully saturated rings. The second-order valence-corrected chi connectivity index (χ2v) is 15.3. The van der Waals surface area contributed by atoms with Crippen LogP contribution in [0, 0.1) is 12.7 Å². The summed E-state index contributed by atoms with van der Waals surface area (Å²) in [7, 11) is 3.58. The van der Waals surface area contributed by atoms with Crippen LogP contribution in [0.2, 0.25) is 0 Å². The van der Waals surface area contributed by atoms with Crippen molar-refractivity contribution in [3.8, 4) is 22.4 Å². The number of halogens is 1. The monoisotopic (exact) mass is 787 g/mol. The first-order chi connectivity index (χ1) is 27.2. The maximum atomic E-state index is 13.9. The summed E-state index contributed by atoms with van der Waals surface area (Å²) in [4.78, 5) is 20.0. The van der Waals surface area contributed by atoms with Gasteiger partial charge in [-0.05, 0) is 109 Å². The molecule has 1 amide bonds. The largest absolute Gasteiger partial charge is 0.383 e. The molecule has 1 aliphatic rings. The maximum Gasteiger partial charge on any atom is 0.253 e. The Morgan fingerprint density at radius 3 is 2.21 bits per heavy atom. The van der Waals surface area contributed by atoms with E-state index in [0.717, 1.165) is 99.4 Å². The van der Waals surface area contributed by atoms with Gasteiger partial charge in [0.05, 0.1) is 22.6 Å². The number of nitrogens with one attached hydrogen (secondary N) is 3. The lowest BCUT2D eigenvalue weighted by molar-refractivity contribution is 0.0963. The van der Waals surface area contributed by atoms with E-state index in [0.29, 0.717) is 11.3 Å². The zero-order chi connectivity index (χ0) is 39.2. The second kappa shape index (κ2) is 17.5. The molecular weight excluding hydrogens is 742 g/mol. The minimum atomic E-state index is -0.304. The third-order valence-electron chi connectivity index (χ3n) is 10.2. The van der Waals surface area contributed by atoms with Crippen molar-refractivity contribution in [2.75, 3.05) is 71.2 Å². The van der Waals surface area contributed by atoms with Gasteiger partial charge in [-0.2, -0.15) is 5.17 Å². The van der Waals surface area contributed by atoms with Crippen molar-refractivity contribution in [3.05, 3.63) is 138 Å². The van der Waals surface area contributed by atoms with Crippen LogP contribution in [0.5, 0.6) is 0 Å². The van der Waals surface area contributed by atoms with Gasteiger partial charge in [0.1, 0.15) is 5.82 Å². The van der Waals surface area contributed by atoms with Crippen LogP contribution in [0.25, 0.3) is 22.4 Å². The highest BCUT2D eigenvalue weighted by molar-refractivity contribution is 7.99. The molecule has 1 saturated heterocycles. The molecule has 12 heteroatoms. The lowest BCUT2D eigenvalue weighted by Gasteiger charge is -2.37. The number of rotatable bonds is 13. The molecule has 0 bridgehead atoms. The molecule has 0 spiro atoms. The Labute approximate surface area is 337 Å². The molecular formula is C44H46FN7O2S2. The van der Waals surface area contributed by atoms with E-state index in [2.05, 4.69) is 74.9 Å². The Hall–Kier alpha value is -5.56. The molecule has 1 aliphatic heterocycles. The number of piperazine rings is 1. The van der Waals surface area contributed by atoms with E-state index in [-0.39, 0.29) is 11.7 Å². The van der Waals surface area contributed by atoms with Crippen LogP contribution in [-0.4, -0.2) is 61.2 Å². The molecule has 1 aromatic heterocycles. The van der Waals surface area contributed by atoms with Crippen LogP contribution in [0.4, 0.5) is 32.8 Å². The number of benzene rings is 5. The van der Waals surface area contributed by atoms with Gasteiger partial charge in [-0.25, -0.2) is 4.39 Å². The summed E-state index contributed by atoms with van der Waals surface area (Å²) < 4.78 is 15.9. The molecule has 5 aromatic carbocycles. The molecule has 0 aliphatic carbocycles. The summed E-state index contributed by atoms with van der Waals surface area (Å²) >= 11 is 6.45. The first kappa shape index (κ1) is 38.7. The van der Waals surface area contributed by atoms with Gasteiger partial charge >= 0.3 is 0 Å². The molecule has 4 N–H and O–H groups in total. The third-order valence-corrected chi connectivity index (χ3v) is 11.5. The molecule has 288 valence electrons. The number of hydrogen-bond donors (Lipinski definition) is 5. The van der Waals surface area contributed by atoms with Gasteiger partial charge in [0.25, 0.3) is 5.91 Å². The number of carbonyl (C=O) groups is 1. The minimum Gasteiger partial charge on any atom is -0.383 e. The number of thioether (sulfide) groups is 1. The molecule has 0 atom stereocenters. The molecule has 56 heavy (non-hydrogen) atoms. The Bertz CT molecular complexity index is 2280. The highest BCUT2D eigenvalue weighted by Gasteiger charge is 2.26. The van der Waals surface area contributed by atoms with Crippen LogP contribution in [0.15, 0.2) is 131 Å². The van der Waals surface area contributed by atoms with Crippen LogP contribution < -0.4 is 31.0 Å². The molecule has 6 aromatic rings. The maximum absolute atomic E-state index is 13.9. The lowest BCUT2D eigenvalue weighted by Crippen LogP contribution is -2.46. The number of hydrazine groups is 1. The summed E-state index contributed by atoms with van der Waals surface area (Å²) in [5.74, 6) is 0.457. The van der Waals surface area contributed by atoms with Crippen LogP contribution in [-0.2, 0) is 7.05 Å². The number of hydrogen-bond acceptors (Lipinski definition) is 9. The smallest absolute Gasteiger partial charge is 0.253 e. The Morgan fingerprint density at radius 2 is 1.54 bits per heavy atom. The van der Waals surface area contributed by atoms with E-state index >= 15 is 0 Å². The number of aromatic nitrogens is 1. The van der Waals surface area contributed by atoms with Crippen molar-refractivity contribution in [1.82, 2.24) is 9.88 Å². The van der Waals surface area contributed by atoms with Gasteiger partial charge in [0.2, 0.25) is 0 Å². The van der Waals surface area contributed by atoms with Crippen molar-refractivity contribution in [2.24, 2.45) is 7.05 Å². The predicted octanol–water partition coefficient (Wildman–Crippen LogP) is 9.21. The molecule has 2 heterocycles. The number of amides is 1. The quantitative estimate of drug-likeness (QED) is 0.0343. The van der Waals surface area contributed by atoms with Crippen molar-refractivity contribution in [2.45, 2.75) is 16.7 Å². The van der Waals surface area contributed by atoms with E-state index in [1.54, 1.807) is 30.9 Å². The van der Waals surface area contributed by atoms with Gasteiger partial charge in [-0.1, -0.05) is 30.3 Å². The van der Waals surface area contributed by atoms with Crippen molar-refractivity contribution in [1.29, 1.82) is 0 Å². The number of nitrogens with zero attached hydrogens (tertiary/aromatic N) is 4. The predicted molar refractivity (Wildman–Crippen MR) is 232 cm³/mol. The number of thiol groups is 1. The summed E-state index contributed by atoms with van der Waals surface area (Å²) in [5.41, 5.74) is 12.4. The molecule has 0 unspecified atom stereocenters. The molecule has 0 saturated carbocycles. The minimum absolute atomic E-state index is 0.160. The van der Waals surface area contributed by atoms with E-state index < -0.39 is 0 Å². The lowest BCUT2D eigenvalue weighted by atomic mass is 9.96. The standard InChI is InChI=1S/C44H46FN7O2S2/c1-30-41(44(53)46-2)42(43(49(30)3)31-12-14-33(45)15-13-31)32-8-7-9-36(28-32)51-25-23-50(24-26-51)35-18-16-34(17-19-35)48-52(54)37-20-21-39(40(55)29-37)47-22-27-56-38-10-5-4-6-11-38/h4-21,28-29,47-48,54-55H,22-27H2,1-3H3,(H,46,53). The van der Waals surface area contributed by atoms with Crippen molar-refractivity contribution < 1.29 is 14.4 Å². The van der Waals surface area contributed by atoms with Gasteiger partial charge in [0, 0.05) is 90.7 Å². The normalized spacial score (nSPS) is 12.8. The first-order valence-corrected chi connectivity index (χ1v) is 20.0. The number of carbonyl (C=O) groups excluding carboxylic acids is 1. The SMILES string of the molecule is CNC(=O)c1c(-c2cccc(N3CCN(c4ccc(NN(O)c5ccc(NCCSc6ccccc6)c(S)c5)cc4)CC3)c2)c(-c2ccc(F)cc2)n(C)c1C. The van der Waals surface area contributed by atoms with E-state index in [1.807, 2.05) is 79.2 Å². The van der Waals surface area contributed by atoms with Crippen molar-refractivity contribution >= 4 is 58.7 Å². The zero-order valence-electron chi connectivity index (χ0n) is 31.7. The fourth-order valence-corrected chi connectivity index (χ4v) is 8.19. The fraction of sp³-hybridized carbons (Fsp3) is 0.205. The van der Waals surface area contributed by atoms with E-state index in [4.69, 9.17) is 0 Å². The van der Waals surface area contributed by atoms with Crippen LogP contribution in [0.1, 0.15) is 16.1 Å². The number of anilines is 5. The second-order valence-electron chi connectivity index (χ2n) is 13.6. The van der Waals surface area contributed by atoms with Gasteiger partial charge in [-0.15, -0.1) is 24.4 Å². The average Bonchev–Trinajstić information content (AvgIpc) is 3.50. The summed E-state index contributed by atoms with van der Waals surface area (Å²) in [6.07, 6.45) is 0. The van der Waals surface area contributed by atoms with Crippen LogP contribution in [0.3, 0.4) is 0 Å². The third kappa shape index (κ3) is 8.62. The van der Waals surface area contributed by atoms with E-state index in [1.165, 1.54) is 17.0 Å². The first-order valence-electron chi connectivity index (χ1n) is 18.6. The molecule has 9 nitrogen and oxygen atoms in total. The Morgan fingerprint density at radius 1 is 0.839 bits per heavy atom. The van der Waals surface area contributed by atoms with Gasteiger partial charge in [-0.3, -0.25) is 15.4 Å². The van der Waals surface area contributed by atoms with Crippen LogP contribution >= 0.6 is 24.4 Å². The van der Waals surface area contributed by atoms with Gasteiger partial charge in [0.15, 0.2) is 0 Å². The molecule has 0 radical (unpaired) electrons. The summed E-state index contributed by atoms with van der Waals surface area (Å²) in [6, 6.07) is 38.7.